The lowest BCUT2D eigenvalue weighted by Gasteiger charge is -2.49. The molecule has 1 aliphatic carbocycles. The summed E-state index contributed by atoms with van der Waals surface area (Å²) in [4.78, 5) is 51.9. The highest BCUT2D eigenvalue weighted by atomic mass is 35.5. The molecule has 2 aliphatic heterocycles. The second kappa shape index (κ2) is 11.2. The van der Waals surface area contributed by atoms with Crippen LogP contribution in [-0.4, -0.2) is 67.5 Å². The number of nitrogens with zero attached hydrogens (tertiary/aromatic N) is 2. The molecule has 3 heterocycles. The normalized spacial score (nSPS) is 21.2. The van der Waals surface area contributed by atoms with Crippen molar-refractivity contribution >= 4 is 82.2 Å². The fraction of sp³-hybridized carbons (Fsp3) is 0.320. The molecule has 14 heteroatoms. The minimum absolute atomic E-state index is 0.0232. The minimum atomic E-state index is -1.19. The first-order valence-electron chi connectivity index (χ1n) is 11.8. The number of benzene rings is 1. The molecule has 3 aliphatic rings. The third kappa shape index (κ3) is 5.62. The van der Waals surface area contributed by atoms with Gasteiger partial charge in [0.15, 0.2) is 12.4 Å². The van der Waals surface area contributed by atoms with Crippen molar-refractivity contribution < 1.29 is 34.0 Å². The van der Waals surface area contributed by atoms with Crippen LogP contribution in [0.2, 0.25) is 10.0 Å². The Morgan fingerprint density at radius 1 is 1.13 bits per heavy atom. The van der Waals surface area contributed by atoms with Crippen LogP contribution in [0.4, 0.5) is 0 Å². The Labute approximate surface area is 246 Å². The van der Waals surface area contributed by atoms with Gasteiger partial charge in [-0.05, 0) is 23.8 Å². The number of amides is 2. The Balaban J connectivity index is 1.20. The summed E-state index contributed by atoms with van der Waals surface area (Å²) in [7, 11) is 0. The van der Waals surface area contributed by atoms with E-state index in [1.807, 2.05) is 12.1 Å². The molecule has 204 valence electrons. The lowest BCUT2D eigenvalue weighted by Crippen LogP contribution is -2.70. The lowest BCUT2D eigenvalue weighted by atomic mass is 10.0. The maximum atomic E-state index is 12.9. The molecule has 5 rings (SSSR count). The second-order valence-corrected chi connectivity index (χ2v) is 13.2. The van der Waals surface area contributed by atoms with Crippen molar-refractivity contribution in [2.24, 2.45) is 0 Å². The van der Waals surface area contributed by atoms with Crippen molar-refractivity contribution in [1.82, 2.24) is 10.2 Å². The Kier molecular flexibility index (Phi) is 8.12. The van der Waals surface area contributed by atoms with Crippen molar-refractivity contribution in [3.63, 3.8) is 0 Å². The highest BCUT2D eigenvalue weighted by molar-refractivity contribution is 8.01. The predicted octanol–water partition coefficient (Wildman–Crippen LogP) is 3.48. The summed E-state index contributed by atoms with van der Waals surface area (Å²) >= 11 is 16.2. The van der Waals surface area contributed by atoms with Crippen molar-refractivity contribution in [2.45, 2.75) is 39.6 Å². The smallest absolute Gasteiger partial charge is 0.376 e. The third-order valence-corrected chi connectivity index (χ3v) is 10.8. The molecule has 2 aromatic rings. The van der Waals surface area contributed by atoms with Crippen LogP contribution in [0.3, 0.4) is 0 Å². The van der Waals surface area contributed by atoms with Gasteiger partial charge in [-0.25, -0.2) is 9.59 Å². The fourth-order valence-electron chi connectivity index (χ4n) is 4.41. The third-order valence-electron chi connectivity index (χ3n) is 6.65. The number of carboxylic acids is 2. The van der Waals surface area contributed by atoms with E-state index in [9.17, 15) is 29.4 Å². The average molecular weight is 628 g/mol. The van der Waals surface area contributed by atoms with Gasteiger partial charge < -0.3 is 15.5 Å². The van der Waals surface area contributed by atoms with Gasteiger partial charge in [-0.15, -0.1) is 35.3 Å². The van der Waals surface area contributed by atoms with Gasteiger partial charge in [0.2, 0.25) is 5.91 Å². The number of carboxylic acid groups (broad SMARTS) is 2. The minimum Gasteiger partial charge on any atom is -0.477 e. The van der Waals surface area contributed by atoms with Gasteiger partial charge in [0.05, 0.1) is 10.8 Å². The monoisotopic (exact) mass is 626 g/mol. The first-order valence-corrected chi connectivity index (χ1v) is 15.5. The summed E-state index contributed by atoms with van der Waals surface area (Å²) in [5.41, 5.74) is -0.295. The maximum absolute atomic E-state index is 12.9. The van der Waals surface area contributed by atoms with E-state index in [1.54, 1.807) is 35.2 Å². The number of hydrogen-bond acceptors (Lipinski definition) is 7. The van der Waals surface area contributed by atoms with Crippen LogP contribution in [0.25, 0.3) is 0 Å². The van der Waals surface area contributed by atoms with Crippen LogP contribution in [0, 0.1) is 0 Å². The van der Waals surface area contributed by atoms with Crippen LogP contribution < -0.4 is 9.88 Å². The molecule has 0 unspecified atom stereocenters. The van der Waals surface area contributed by atoms with Gasteiger partial charge in [0, 0.05) is 51.3 Å². The summed E-state index contributed by atoms with van der Waals surface area (Å²) in [6.45, 7) is 0. The zero-order chi connectivity index (χ0) is 27.9. The quantitative estimate of drug-likeness (QED) is 0.206. The first-order chi connectivity index (χ1) is 18.6. The average Bonchev–Trinajstić information content (AvgIpc) is 3.73. The number of β-lactam (4-membered cyclic amide) rings is 1. The zero-order valence-corrected chi connectivity index (χ0v) is 24.1. The number of hydrogen-bond donors (Lipinski definition) is 3. The number of nitrogens with one attached hydrogen (secondary N) is 1. The molecule has 2 atom stereocenters. The maximum Gasteiger partial charge on any atom is 0.376 e. The molecule has 0 spiro atoms. The number of pyridine rings is 1. The van der Waals surface area contributed by atoms with Gasteiger partial charge in [-0.2, -0.15) is 4.57 Å². The van der Waals surface area contributed by atoms with Crippen LogP contribution in [0.15, 0.2) is 63.8 Å². The van der Waals surface area contributed by atoms with E-state index in [4.69, 9.17) is 23.2 Å². The molecule has 1 aromatic heterocycles. The molecule has 0 bridgehead atoms. The molecule has 39 heavy (non-hydrogen) atoms. The van der Waals surface area contributed by atoms with Crippen LogP contribution in [0.5, 0.6) is 0 Å². The van der Waals surface area contributed by atoms with Crippen LogP contribution >= 0.6 is 58.5 Å². The van der Waals surface area contributed by atoms with Gasteiger partial charge >= 0.3 is 11.9 Å². The SMILES string of the molecule is O=C(CSc1cc(Cl)ccc1Cl)N[C@@H]1C(=O)N2C(C(=O)O)=C(CSc3cc[n+](C4(C(=O)O)CC4)cc3)CS[C@H]12. The number of thioether (sulfide) groups is 3. The topological polar surface area (TPSA) is 128 Å². The van der Waals surface area contributed by atoms with E-state index in [2.05, 4.69) is 5.32 Å². The van der Waals surface area contributed by atoms with E-state index in [0.717, 1.165) is 4.90 Å². The molecule has 2 amide bonds. The highest BCUT2D eigenvalue weighted by Gasteiger charge is 2.60. The summed E-state index contributed by atoms with van der Waals surface area (Å²) < 4.78 is 1.69. The molecule has 2 fully saturated rings. The number of aliphatic carboxylic acids is 2. The van der Waals surface area contributed by atoms with Crippen molar-refractivity contribution in [3.8, 4) is 0 Å². The summed E-state index contributed by atoms with van der Waals surface area (Å²) in [5.74, 6) is -2.09. The van der Waals surface area contributed by atoms with Gasteiger partial charge in [0.25, 0.3) is 11.4 Å². The van der Waals surface area contributed by atoms with Crippen LogP contribution in [-0.2, 0) is 24.7 Å². The van der Waals surface area contributed by atoms with E-state index in [0.29, 0.717) is 44.9 Å². The molecule has 1 saturated heterocycles. The first kappa shape index (κ1) is 28.2. The van der Waals surface area contributed by atoms with Gasteiger partial charge in [-0.3, -0.25) is 14.5 Å². The van der Waals surface area contributed by atoms with Crippen molar-refractivity contribution in [1.29, 1.82) is 0 Å². The number of halogens is 2. The highest BCUT2D eigenvalue weighted by Crippen LogP contribution is 2.42. The zero-order valence-electron chi connectivity index (χ0n) is 20.1. The second-order valence-electron chi connectivity index (χ2n) is 9.14. The fourth-order valence-corrected chi connectivity index (χ4v) is 8.08. The number of fused-ring (bicyclic) bond motifs is 1. The molecule has 1 aromatic carbocycles. The standard InChI is InChI=1S/C25H21Cl2N3O6S3/c26-14-1-2-16(27)17(9-14)38-12-18(31)28-19-21(32)30-20(23(33)34)13(11-39-22(19)30)10-37-15-3-7-29(8-4-15)25(5-6-25)24(35)36/h1-4,7-9,19,22H,5-6,10-12H2,(H2-,28,31,33,34,35,36)/p+1/t19-,22-/m1/s1. The number of aromatic nitrogens is 1. The molecular weight excluding hydrogens is 605 g/mol. The Hall–Kier alpha value is -2.38. The molecule has 0 radical (unpaired) electrons. The molecule has 3 N–H and O–H groups in total. The molecule has 9 nitrogen and oxygen atoms in total. The van der Waals surface area contributed by atoms with Crippen molar-refractivity contribution in [2.75, 3.05) is 17.3 Å². The lowest BCUT2D eigenvalue weighted by molar-refractivity contribution is -0.726. The summed E-state index contributed by atoms with van der Waals surface area (Å²) in [6.07, 6.45) is 4.64. The Morgan fingerprint density at radius 2 is 1.85 bits per heavy atom. The van der Waals surface area contributed by atoms with Gasteiger partial charge in [-0.1, -0.05) is 23.2 Å². The van der Waals surface area contributed by atoms with E-state index >= 15 is 0 Å². The summed E-state index contributed by atoms with van der Waals surface area (Å²) in [5, 5.41) is 22.6. The van der Waals surface area contributed by atoms with Crippen LogP contribution in [0.1, 0.15) is 12.8 Å². The summed E-state index contributed by atoms with van der Waals surface area (Å²) in [6, 6.07) is 7.75. The van der Waals surface area contributed by atoms with E-state index < -0.39 is 34.8 Å². The Bertz CT molecular complexity index is 1400. The number of carbonyl (C=O) groups is 4. The van der Waals surface area contributed by atoms with Gasteiger partial charge in [0.1, 0.15) is 17.1 Å². The predicted molar refractivity (Wildman–Crippen MR) is 149 cm³/mol. The van der Waals surface area contributed by atoms with Crippen molar-refractivity contribution in [3.05, 3.63) is 64.0 Å². The van der Waals surface area contributed by atoms with E-state index in [1.165, 1.54) is 40.2 Å². The largest absolute Gasteiger partial charge is 0.477 e. The Morgan fingerprint density at radius 3 is 2.49 bits per heavy atom. The number of rotatable bonds is 10. The molecule has 1 saturated carbocycles. The number of carbonyl (C=O) groups excluding carboxylic acids is 2. The van der Waals surface area contributed by atoms with E-state index in [-0.39, 0.29) is 17.4 Å². The molecular formula is C25H22Cl2N3O6S3+.